The second-order valence-electron chi connectivity index (χ2n) is 8.89. The SMILES string of the molecule is CCOc1ccc(C2Nc3c(C(=O)N(C)Cc4ccccc4)cccc3C3C=CCC32)cc1. The molecule has 1 aliphatic carbocycles. The lowest BCUT2D eigenvalue weighted by Crippen LogP contribution is -2.32. The predicted octanol–water partition coefficient (Wildman–Crippen LogP) is 6.18. The Morgan fingerprint density at radius 1 is 1.03 bits per heavy atom. The van der Waals surface area contributed by atoms with E-state index in [1.54, 1.807) is 4.90 Å². The second kappa shape index (κ2) is 9.14. The molecule has 0 saturated carbocycles. The molecule has 1 amide bonds. The number of hydrogen-bond acceptors (Lipinski definition) is 3. The van der Waals surface area contributed by atoms with Crippen LogP contribution >= 0.6 is 0 Å². The number of nitrogens with zero attached hydrogens (tertiary/aromatic N) is 1. The summed E-state index contributed by atoms with van der Waals surface area (Å²) < 4.78 is 5.63. The van der Waals surface area contributed by atoms with Gasteiger partial charge in [0, 0.05) is 19.5 Å². The number of hydrogen-bond donors (Lipinski definition) is 1. The second-order valence-corrected chi connectivity index (χ2v) is 8.89. The van der Waals surface area contributed by atoms with Crippen LogP contribution in [0.25, 0.3) is 0 Å². The van der Waals surface area contributed by atoms with Gasteiger partial charge in [0.2, 0.25) is 0 Å². The van der Waals surface area contributed by atoms with Gasteiger partial charge in [0.05, 0.1) is 23.9 Å². The first kappa shape index (κ1) is 21.3. The van der Waals surface area contributed by atoms with E-state index in [0.29, 0.717) is 25.0 Å². The van der Waals surface area contributed by atoms with E-state index in [0.717, 1.165) is 29.0 Å². The van der Waals surface area contributed by atoms with Gasteiger partial charge in [0.25, 0.3) is 5.91 Å². The lowest BCUT2D eigenvalue weighted by Gasteiger charge is -2.38. The van der Waals surface area contributed by atoms with Gasteiger partial charge in [-0.1, -0.05) is 66.7 Å². The first-order chi connectivity index (χ1) is 16.2. The molecule has 0 radical (unpaired) electrons. The number of allylic oxidation sites excluding steroid dienone is 2. The van der Waals surface area contributed by atoms with Crippen molar-refractivity contribution in [2.24, 2.45) is 5.92 Å². The molecule has 3 aromatic carbocycles. The fourth-order valence-corrected chi connectivity index (χ4v) is 5.20. The number of para-hydroxylation sites is 1. The molecule has 1 N–H and O–H groups in total. The molecule has 5 rings (SSSR count). The minimum absolute atomic E-state index is 0.0362. The molecule has 3 unspecified atom stereocenters. The molecular weight excluding hydrogens is 408 g/mol. The molecule has 1 aliphatic heterocycles. The van der Waals surface area contributed by atoms with Crippen LogP contribution in [0.15, 0.2) is 84.9 Å². The highest BCUT2D eigenvalue weighted by molar-refractivity contribution is 6.00. The highest BCUT2D eigenvalue weighted by Crippen LogP contribution is 2.50. The highest BCUT2D eigenvalue weighted by Gasteiger charge is 2.39. The van der Waals surface area contributed by atoms with E-state index >= 15 is 0 Å². The number of anilines is 1. The van der Waals surface area contributed by atoms with E-state index < -0.39 is 0 Å². The maximum atomic E-state index is 13.5. The van der Waals surface area contributed by atoms with Crippen molar-refractivity contribution in [1.82, 2.24) is 4.90 Å². The third-order valence-corrected chi connectivity index (χ3v) is 6.79. The van der Waals surface area contributed by atoms with Crippen LogP contribution in [0.3, 0.4) is 0 Å². The number of carbonyl (C=O) groups is 1. The Bertz CT molecular complexity index is 1150. The van der Waals surface area contributed by atoms with E-state index in [1.807, 2.05) is 56.4 Å². The van der Waals surface area contributed by atoms with Gasteiger partial charge in [-0.25, -0.2) is 0 Å². The molecule has 33 heavy (non-hydrogen) atoms. The van der Waals surface area contributed by atoms with Gasteiger partial charge in [-0.15, -0.1) is 0 Å². The minimum atomic E-state index is 0.0362. The van der Waals surface area contributed by atoms with Crippen LogP contribution in [-0.2, 0) is 6.54 Å². The number of benzene rings is 3. The molecule has 3 aromatic rings. The average Bonchev–Trinajstić information content (AvgIpc) is 3.34. The summed E-state index contributed by atoms with van der Waals surface area (Å²) in [5.74, 6) is 1.67. The largest absolute Gasteiger partial charge is 0.494 e. The quantitative estimate of drug-likeness (QED) is 0.467. The minimum Gasteiger partial charge on any atom is -0.494 e. The van der Waals surface area contributed by atoms with Crippen LogP contribution in [0.4, 0.5) is 5.69 Å². The molecule has 0 bridgehead atoms. The first-order valence-electron chi connectivity index (χ1n) is 11.7. The summed E-state index contributed by atoms with van der Waals surface area (Å²) in [5.41, 5.74) is 5.27. The lowest BCUT2D eigenvalue weighted by atomic mass is 9.76. The van der Waals surface area contributed by atoms with Crippen LogP contribution in [0.2, 0.25) is 0 Å². The fourth-order valence-electron chi connectivity index (χ4n) is 5.20. The number of amides is 1. The number of rotatable bonds is 6. The zero-order chi connectivity index (χ0) is 22.8. The van der Waals surface area contributed by atoms with Crippen LogP contribution in [0, 0.1) is 5.92 Å². The Kier molecular flexibility index (Phi) is 5.91. The molecule has 0 fully saturated rings. The van der Waals surface area contributed by atoms with E-state index in [1.165, 1.54) is 11.1 Å². The molecule has 168 valence electrons. The number of ether oxygens (including phenoxy) is 1. The standard InChI is InChI=1S/C29H30N2O2/c1-3-33-22-17-15-21(16-18-22)27-24-12-7-11-23(24)25-13-8-14-26(28(25)30-27)29(32)31(2)19-20-9-5-4-6-10-20/h4-11,13-18,23-24,27,30H,3,12,19H2,1-2H3. The third-order valence-electron chi connectivity index (χ3n) is 6.79. The van der Waals surface area contributed by atoms with E-state index in [9.17, 15) is 4.79 Å². The van der Waals surface area contributed by atoms with Crippen molar-refractivity contribution >= 4 is 11.6 Å². The molecule has 1 heterocycles. The van der Waals surface area contributed by atoms with Crippen LogP contribution in [-0.4, -0.2) is 24.5 Å². The summed E-state index contributed by atoms with van der Waals surface area (Å²) in [6, 6.07) is 24.8. The molecule has 4 nitrogen and oxygen atoms in total. The predicted molar refractivity (Wildman–Crippen MR) is 133 cm³/mol. The van der Waals surface area contributed by atoms with Gasteiger partial charge in [-0.2, -0.15) is 0 Å². The van der Waals surface area contributed by atoms with Crippen LogP contribution < -0.4 is 10.1 Å². The van der Waals surface area contributed by atoms with E-state index in [-0.39, 0.29) is 11.9 Å². The van der Waals surface area contributed by atoms with Gasteiger partial charge in [-0.3, -0.25) is 4.79 Å². The Morgan fingerprint density at radius 3 is 2.58 bits per heavy atom. The van der Waals surface area contributed by atoms with Crippen molar-refractivity contribution in [1.29, 1.82) is 0 Å². The molecule has 2 aliphatic rings. The summed E-state index contributed by atoms with van der Waals surface area (Å²) in [6.07, 6.45) is 5.62. The molecule has 0 aromatic heterocycles. The molecular formula is C29H30N2O2. The van der Waals surface area contributed by atoms with Crippen molar-refractivity contribution < 1.29 is 9.53 Å². The zero-order valence-corrected chi connectivity index (χ0v) is 19.2. The molecule has 0 spiro atoms. The van der Waals surface area contributed by atoms with Crippen molar-refractivity contribution in [2.45, 2.75) is 31.8 Å². The molecule has 3 atom stereocenters. The normalized spacial score (nSPS) is 20.5. The zero-order valence-electron chi connectivity index (χ0n) is 19.2. The van der Waals surface area contributed by atoms with Gasteiger partial charge in [0.1, 0.15) is 5.75 Å². The maximum Gasteiger partial charge on any atom is 0.256 e. The summed E-state index contributed by atoms with van der Waals surface area (Å²) >= 11 is 0. The lowest BCUT2D eigenvalue weighted by molar-refractivity contribution is 0.0785. The summed E-state index contributed by atoms with van der Waals surface area (Å²) in [4.78, 5) is 15.3. The van der Waals surface area contributed by atoms with Crippen molar-refractivity contribution in [3.05, 3.63) is 107 Å². The Morgan fingerprint density at radius 2 is 1.82 bits per heavy atom. The number of carbonyl (C=O) groups excluding carboxylic acids is 1. The summed E-state index contributed by atoms with van der Waals surface area (Å²) in [7, 11) is 1.87. The van der Waals surface area contributed by atoms with Crippen molar-refractivity contribution in [2.75, 3.05) is 19.0 Å². The summed E-state index contributed by atoms with van der Waals surface area (Å²) in [6.45, 7) is 3.23. The van der Waals surface area contributed by atoms with Crippen LogP contribution in [0.1, 0.15) is 52.4 Å². The van der Waals surface area contributed by atoms with Gasteiger partial charge < -0.3 is 15.0 Å². The molecule has 4 heteroatoms. The topological polar surface area (TPSA) is 41.6 Å². The van der Waals surface area contributed by atoms with E-state index in [2.05, 4.69) is 47.8 Å². The maximum absolute atomic E-state index is 13.5. The van der Waals surface area contributed by atoms with Crippen LogP contribution in [0.5, 0.6) is 5.75 Å². The number of nitrogens with one attached hydrogen (secondary N) is 1. The third kappa shape index (κ3) is 4.13. The van der Waals surface area contributed by atoms with Gasteiger partial charge in [0.15, 0.2) is 0 Å². The van der Waals surface area contributed by atoms with E-state index in [4.69, 9.17) is 4.74 Å². The van der Waals surface area contributed by atoms with Gasteiger partial charge >= 0.3 is 0 Å². The monoisotopic (exact) mass is 438 g/mol. The van der Waals surface area contributed by atoms with Crippen molar-refractivity contribution in [3.8, 4) is 5.75 Å². The smallest absolute Gasteiger partial charge is 0.256 e. The van der Waals surface area contributed by atoms with Crippen molar-refractivity contribution in [3.63, 3.8) is 0 Å². The number of fused-ring (bicyclic) bond motifs is 3. The Balaban J connectivity index is 1.46. The Labute approximate surface area is 195 Å². The Hall–Kier alpha value is -3.53. The summed E-state index contributed by atoms with van der Waals surface area (Å²) in [5, 5.41) is 3.78. The average molecular weight is 439 g/mol. The van der Waals surface area contributed by atoms with Gasteiger partial charge in [-0.05, 0) is 54.2 Å². The molecule has 0 saturated heterocycles. The fraction of sp³-hybridized carbons (Fsp3) is 0.276. The first-order valence-corrected chi connectivity index (χ1v) is 11.7. The highest BCUT2D eigenvalue weighted by atomic mass is 16.5.